The summed E-state index contributed by atoms with van der Waals surface area (Å²) in [5.41, 5.74) is 1.11. The van der Waals surface area contributed by atoms with Crippen molar-refractivity contribution in [1.29, 1.82) is 0 Å². The molecule has 0 spiro atoms. The van der Waals surface area contributed by atoms with E-state index in [1.165, 1.54) is 19.1 Å². The summed E-state index contributed by atoms with van der Waals surface area (Å²) in [7, 11) is 0. The first-order chi connectivity index (χ1) is 14.9. The minimum atomic E-state index is -0.177. The van der Waals surface area contributed by atoms with E-state index in [9.17, 15) is 9.59 Å². The molecule has 0 radical (unpaired) electrons. The predicted octanol–water partition coefficient (Wildman–Crippen LogP) is 3.88. The Labute approximate surface area is 185 Å². The van der Waals surface area contributed by atoms with E-state index in [0.717, 1.165) is 70.9 Å². The maximum atomic E-state index is 12.7. The van der Waals surface area contributed by atoms with E-state index in [1.807, 2.05) is 0 Å². The Hall–Kier alpha value is -1.43. The molecule has 4 aliphatic carbocycles. The molecular formula is C25H38N2O4. The largest absolute Gasteiger partial charge is 0.465 e. The molecule has 5 rings (SSSR count). The summed E-state index contributed by atoms with van der Waals surface area (Å²) in [6, 6.07) is 0. The molecule has 1 aliphatic heterocycles. The zero-order chi connectivity index (χ0) is 21.6. The molecule has 0 aromatic heterocycles. The SMILES string of the molecule is CC(=O)OCC12CC/C(=N/OC3CCNC3)CC1CCC1C3CCC(=O)C3(C)CCC12. The second-order valence-electron chi connectivity index (χ2n) is 11.2. The Morgan fingerprint density at radius 2 is 2.00 bits per heavy atom. The molecule has 6 nitrogen and oxygen atoms in total. The zero-order valence-electron chi connectivity index (χ0n) is 19.2. The summed E-state index contributed by atoms with van der Waals surface area (Å²) in [5.74, 6) is 2.47. The van der Waals surface area contributed by atoms with Crippen molar-refractivity contribution in [2.45, 2.75) is 84.2 Å². The van der Waals surface area contributed by atoms with Crippen molar-refractivity contribution < 1.29 is 19.2 Å². The third kappa shape index (κ3) is 3.63. The number of carbonyl (C=O) groups excluding carboxylic acids is 2. The van der Waals surface area contributed by atoms with Crippen LogP contribution >= 0.6 is 0 Å². The molecular weight excluding hydrogens is 392 g/mol. The van der Waals surface area contributed by atoms with E-state index < -0.39 is 0 Å². The first-order valence-electron chi connectivity index (χ1n) is 12.5. The Morgan fingerprint density at radius 3 is 2.77 bits per heavy atom. The van der Waals surface area contributed by atoms with Crippen molar-refractivity contribution in [2.24, 2.45) is 39.7 Å². The maximum absolute atomic E-state index is 12.7. The number of rotatable bonds is 4. The van der Waals surface area contributed by atoms with Gasteiger partial charge in [0.2, 0.25) is 0 Å². The Balaban J connectivity index is 1.37. The van der Waals surface area contributed by atoms with Gasteiger partial charge in [0.05, 0.1) is 12.3 Å². The molecule has 0 bridgehead atoms. The Kier molecular flexibility index (Phi) is 5.64. The highest BCUT2D eigenvalue weighted by atomic mass is 16.6. The number of esters is 1. The Morgan fingerprint density at radius 1 is 1.13 bits per heavy atom. The minimum Gasteiger partial charge on any atom is -0.465 e. The quantitative estimate of drug-likeness (QED) is 0.541. The summed E-state index contributed by atoms with van der Waals surface area (Å²) >= 11 is 0. The van der Waals surface area contributed by atoms with Gasteiger partial charge in [-0.1, -0.05) is 12.1 Å². The second-order valence-corrected chi connectivity index (χ2v) is 11.2. The lowest BCUT2D eigenvalue weighted by Gasteiger charge is -2.60. The van der Waals surface area contributed by atoms with Gasteiger partial charge >= 0.3 is 5.97 Å². The second kappa shape index (κ2) is 8.17. The molecule has 1 heterocycles. The van der Waals surface area contributed by atoms with E-state index in [0.29, 0.717) is 36.1 Å². The van der Waals surface area contributed by atoms with Gasteiger partial charge in [0.1, 0.15) is 11.9 Å². The van der Waals surface area contributed by atoms with Gasteiger partial charge < -0.3 is 14.9 Å². The smallest absolute Gasteiger partial charge is 0.302 e. The molecule has 7 unspecified atom stereocenters. The molecule has 0 aromatic rings. The van der Waals surface area contributed by atoms with E-state index >= 15 is 0 Å². The summed E-state index contributed by atoms with van der Waals surface area (Å²) in [6.45, 7) is 6.19. The molecule has 0 amide bonds. The fourth-order valence-electron chi connectivity index (χ4n) is 8.10. The normalized spacial score (nSPS) is 45.7. The Bertz CT molecular complexity index is 761. The number of ether oxygens (including phenoxy) is 1. The third-order valence-electron chi connectivity index (χ3n) is 9.80. The number of nitrogens with zero attached hydrogens (tertiary/aromatic N) is 1. The van der Waals surface area contributed by atoms with Gasteiger partial charge in [0, 0.05) is 37.1 Å². The fourth-order valence-corrected chi connectivity index (χ4v) is 8.10. The van der Waals surface area contributed by atoms with Crippen LogP contribution in [0.3, 0.4) is 0 Å². The third-order valence-corrected chi connectivity index (χ3v) is 9.80. The lowest BCUT2D eigenvalue weighted by molar-refractivity contribution is -0.163. The lowest BCUT2D eigenvalue weighted by Crippen LogP contribution is -2.56. The van der Waals surface area contributed by atoms with Crippen LogP contribution in [0.4, 0.5) is 0 Å². The van der Waals surface area contributed by atoms with Gasteiger partial charge in [0.25, 0.3) is 0 Å². The maximum Gasteiger partial charge on any atom is 0.302 e. The first-order valence-corrected chi connectivity index (χ1v) is 12.5. The molecule has 1 N–H and O–H groups in total. The number of fused-ring (bicyclic) bond motifs is 5. The van der Waals surface area contributed by atoms with Crippen LogP contribution in [-0.4, -0.2) is 43.3 Å². The topological polar surface area (TPSA) is 77.0 Å². The molecule has 4 saturated carbocycles. The lowest BCUT2D eigenvalue weighted by atomic mass is 9.45. The molecule has 31 heavy (non-hydrogen) atoms. The average Bonchev–Trinajstić information content (AvgIpc) is 3.38. The summed E-state index contributed by atoms with van der Waals surface area (Å²) in [4.78, 5) is 30.3. The van der Waals surface area contributed by atoms with Gasteiger partial charge in [-0.3, -0.25) is 9.59 Å². The number of hydrogen-bond acceptors (Lipinski definition) is 6. The number of carbonyl (C=O) groups is 2. The van der Waals surface area contributed by atoms with Gasteiger partial charge in [-0.2, -0.15) is 0 Å². The number of Topliss-reactive ketones (excluding diaryl/α,β-unsaturated/α-hetero) is 1. The van der Waals surface area contributed by atoms with Crippen LogP contribution in [-0.2, 0) is 19.2 Å². The average molecular weight is 431 g/mol. The molecule has 5 fully saturated rings. The number of nitrogens with one attached hydrogen (secondary N) is 1. The van der Waals surface area contributed by atoms with E-state index in [2.05, 4.69) is 17.4 Å². The number of oxime groups is 1. The van der Waals surface area contributed by atoms with Gasteiger partial charge in [-0.25, -0.2) is 0 Å². The van der Waals surface area contributed by atoms with Crippen LogP contribution in [0.1, 0.15) is 78.1 Å². The molecule has 5 aliphatic rings. The first kappa shape index (κ1) is 21.4. The molecule has 0 aromatic carbocycles. The predicted molar refractivity (Wildman–Crippen MR) is 117 cm³/mol. The number of hydrogen-bond donors (Lipinski definition) is 1. The molecule has 172 valence electrons. The van der Waals surface area contributed by atoms with Crippen LogP contribution in [0.15, 0.2) is 5.16 Å². The van der Waals surface area contributed by atoms with Crippen LogP contribution in [0.2, 0.25) is 0 Å². The summed E-state index contributed by atoms with van der Waals surface area (Å²) in [6.07, 6.45) is 10.4. The molecule has 7 atom stereocenters. The standard InChI is InChI=1S/C25H38N2O4/c1-16(28)30-15-25-11-7-18(27-31-19-9-12-26-14-19)13-17(25)3-4-20-21-5-6-23(29)24(21,2)10-8-22(20)25/h17,19-22,26H,3-15H2,1-2H3/b27-18-. The zero-order valence-corrected chi connectivity index (χ0v) is 19.2. The van der Waals surface area contributed by atoms with Crippen molar-refractivity contribution in [1.82, 2.24) is 5.32 Å². The van der Waals surface area contributed by atoms with Crippen LogP contribution < -0.4 is 5.32 Å². The van der Waals surface area contributed by atoms with Crippen molar-refractivity contribution in [3.05, 3.63) is 0 Å². The van der Waals surface area contributed by atoms with E-state index in [1.54, 1.807) is 0 Å². The van der Waals surface area contributed by atoms with Crippen molar-refractivity contribution >= 4 is 17.5 Å². The number of ketones is 1. The minimum absolute atomic E-state index is 0.0372. The molecule has 6 heteroatoms. The van der Waals surface area contributed by atoms with Crippen molar-refractivity contribution in [3.8, 4) is 0 Å². The highest BCUT2D eigenvalue weighted by Crippen LogP contribution is 2.65. The fraction of sp³-hybridized carbons (Fsp3) is 0.880. The summed E-state index contributed by atoms with van der Waals surface area (Å²) in [5, 5.41) is 7.91. The van der Waals surface area contributed by atoms with Gasteiger partial charge in [-0.15, -0.1) is 0 Å². The van der Waals surface area contributed by atoms with Crippen LogP contribution in [0, 0.1) is 34.5 Å². The van der Waals surface area contributed by atoms with Gasteiger partial charge in [-0.05, 0) is 81.6 Å². The monoisotopic (exact) mass is 430 g/mol. The van der Waals surface area contributed by atoms with Crippen LogP contribution in [0.5, 0.6) is 0 Å². The van der Waals surface area contributed by atoms with E-state index in [4.69, 9.17) is 9.57 Å². The summed E-state index contributed by atoms with van der Waals surface area (Å²) < 4.78 is 5.74. The van der Waals surface area contributed by atoms with Crippen LogP contribution in [0.25, 0.3) is 0 Å². The van der Waals surface area contributed by atoms with Crippen molar-refractivity contribution in [3.63, 3.8) is 0 Å². The highest BCUT2D eigenvalue weighted by Gasteiger charge is 2.61. The van der Waals surface area contributed by atoms with Crippen molar-refractivity contribution in [2.75, 3.05) is 19.7 Å². The van der Waals surface area contributed by atoms with Gasteiger partial charge in [0.15, 0.2) is 0 Å². The van der Waals surface area contributed by atoms with E-state index in [-0.39, 0.29) is 22.9 Å². The highest BCUT2D eigenvalue weighted by molar-refractivity contribution is 5.87. The molecule has 1 saturated heterocycles.